The van der Waals surface area contributed by atoms with Crippen LogP contribution in [-0.4, -0.2) is 47.8 Å². The Hall–Kier alpha value is -2.08. The maximum Gasteiger partial charge on any atom is 0.264 e. The van der Waals surface area contributed by atoms with Crippen molar-refractivity contribution in [2.75, 3.05) is 26.2 Å². The molecular formula is C17H20N2O3S. The lowest BCUT2D eigenvalue weighted by atomic mass is 10.2. The van der Waals surface area contributed by atoms with Gasteiger partial charge in [0.2, 0.25) is 0 Å². The van der Waals surface area contributed by atoms with Gasteiger partial charge in [0.25, 0.3) is 11.8 Å². The van der Waals surface area contributed by atoms with E-state index in [0.29, 0.717) is 31.7 Å². The van der Waals surface area contributed by atoms with Crippen molar-refractivity contribution in [2.45, 2.75) is 20.3 Å². The van der Waals surface area contributed by atoms with E-state index in [1.807, 2.05) is 11.0 Å². The molecule has 1 saturated heterocycles. The molecule has 1 fully saturated rings. The molecule has 0 aromatic carbocycles. The Bertz CT molecular complexity index is 698. The van der Waals surface area contributed by atoms with Crippen molar-refractivity contribution in [1.29, 1.82) is 0 Å². The van der Waals surface area contributed by atoms with E-state index in [2.05, 4.69) is 13.8 Å². The molecule has 0 aliphatic carbocycles. The van der Waals surface area contributed by atoms with Gasteiger partial charge in [-0.05, 0) is 31.0 Å². The van der Waals surface area contributed by atoms with Gasteiger partial charge in [0.1, 0.15) is 6.26 Å². The Labute approximate surface area is 139 Å². The van der Waals surface area contributed by atoms with Crippen LogP contribution in [0.5, 0.6) is 0 Å². The maximum atomic E-state index is 12.6. The van der Waals surface area contributed by atoms with Crippen LogP contribution < -0.4 is 0 Å². The van der Waals surface area contributed by atoms with E-state index < -0.39 is 0 Å². The summed E-state index contributed by atoms with van der Waals surface area (Å²) in [5.74, 6) is 0.0410. The van der Waals surface area contributed by atoms with Crippen molar-refractivity contribution in [3.05, 3.63) is 45.5 Å². The Morgan fingerprint density at radius 2 is 1.83 bits per heavy atom. The summed E-state index contributed by atoms with van der Waals surface area (Å²) >= 11 is 1.56. The fourth-order valence-corrected chi connectivity index (χ4v) is 3.90. The molecule has 0 unspecified atom stereocenters. The maximum absolute atomic E-state index is 12.6. The number of rotatable bonds is 3. The Balaban J connectivity index is 1.62. The molecule has 0 saturated carbocycles. The zero-order valence-electron chi connectivity index (χ0n) is 13.4. The van der Waals surface area contributed by atoms with Crippen LogP contribution in [-0.2, 0) is 6.42 Å². The normalized spacial score (nSPS) is 15.0. The second kappa shape index (κ2) is 6.58. The van der Waals surface area contributed by atoms with Gasteiger partial charge in [-0.15, -0.1) is 11.3 Å². The first-order valence-electron chi connectivity index (χ1n) is 7.80. The number of aryl methyl sites for hydroxylation is 2. The van der Waals surface area contributed by atoms with E-state index in [0.717, 1.165) is 11.3 Å². The predicted octanol–water partition coefficient (Wildman–Crippen LogP) is 2.81. The van der Waals surface area contributed by atoms with E-state index in [9.17, 15) is 9.59 Å². The molecule has 3 rings (SSSR count). The Morgan fingerprint density at radius 1 is 1.17 bits per heavy atom. The Morgan fingerprint density at radius 3 is 2.35 bits per heavy atom. The molecular weight excluding hydrogens is 312 g/mol. The van der Waals surface area contributed by atoms with Crippen LogP contribution in [0.1, 0.15) is 37.4 Å². The molecule has 0 N–H and O–H groups in total. The van der Waals surface area contributed by atoms with Crippen LogP contribution in [0, 0.1) is 6.92 Å². The van der Waals surface area contributed by atoms with Crippen molar-refractivity contribution in [3.8, 4) is 0 Å². The molecule has 23 heavy (non-hydrogen) atoms. The van der Waals surface area contributed by atoms with Crippen LogP contribution in [0.25, 0.3) is 0 Å². The highest BCUT2D eigenvalue weighted by Gasteiger charge is 2.26. The molecule has 6 heteroatoms. The number of nitrogens with zero attached hydrogens (tertiary/aromatic N) is 2. The molecule has 2 aromatic heterocycles. The van der Waals surface area contributed by atoms with E-state index >= 15 is 0 Å². The van der Waals surface area contributed by atoms with Crippen LogP contribution in [0.2, 0.25) is 0 Å². The summed E-state index contributed by atoms with van der Waals surface area (Å²) in [4.78, 5) is 30.5. The topological polar surface area (TPSA) is 53.8 Å². The van der Waals surface area contributed by atoms with E-state index in [-0.39, 0.29) is 11.8 Å². The third-order valence-electron chi connectivity index (χ3n) is 4.23. The molecule has 1 aliphatic rings. The summed E-state index contributed by atoms with van der Waals surface area (Å²) in [6.07, 6.45) is 3.90. The van der Waals surface area contributed by atoms with E-state index in [1.54, 1.807) is 22.3 Å². The second-order valence-corrected chi connectivity index (χ2v) is 6.90. The third kappa shape index (κ3) is 3.17. The lowest BCUT2D eigenvalue weighted by Crippen LogP contribution is -2.50. The van der Waals surface area contributed by atoms with Crippen molar-refractivity contribution in [2.24, 2.45) is 0 Å². The van der Waals surface area contributed by atoms with Crippen LogP contribution in [0.3, 0.4) is 0 Å². The average Bonchev–Trinajstić information content (AvgIpc) is 3.23. The van der Waals surface area contributed by atoms with Crippen molar-refractivity contribution in [3.63, 3.8) is 0 Å². The molecule has 0 atom stereocenters. The summed E-state index contributed by atoms with van der Waals surface area (Å²) < 4.78 is 4.96. The highest BCUT2D eigenvalue weighted by molar-refractivity contribution is 7.14. The number of hydrogen-bond donors (Lipinski definition) is 0. The van der Waals surface area contributed by atoms with Gasteiger partial charge in [0.05, 0.1) is 16.7 Å². The van der Waals surface area contributed by atoms with Gasteiger partial charge in [-0.3, -0.25) is 9.59 Å². The fraction of sp³-hybridized carbons (Fsp3) is 0.412. The SMILES string of the molecule is CCc1cc(C(=O)N2CCN(C(=O)c3ccoc3)CC2)sc1C. The van der Waals surface area contributed by atoms with Gasteiger partial charge >= 0.3 is 0 Å². The van der Waals surface area contributed by atoms with Crippen LogP contribution in [0.4, 0.5) is 0 Å². The number of amides is 2. The van der Waals surface area contributed by atoms with Gasteiger partial charge in [0.15, 0.2) is 0 Å². The summed E-state index contributed by atoms with van der Waals surface area (Å²) in [7, 11) is 0. The lowest BCUT2D eigenvalue weighted by Gasteiger charge is -2.34. The van der Waals surface area contributed by atoms with Gasteiger partial charge in [0, 0.05) is 31.1 Å². The van der Waals surface area contributed by atoms with E-state index in [1.165, 1.54) is 23.0 Å². The minimum Gasteiger partial charge on any atom is -0.472 e. The molecule has 5 nitrogen and oxygen atoms in total. The molecule has 1 aliphatic heterocycles. The van der Waals surface area contributed by atoms with Crippen molar-refractivity contribution >= 4 is 23.2 Å². The number of carbonyl (C=O) groups is 2. The molecule has 0 spiro atoms. The summed E-state index contributed by atoms with van der Waals surface area (Å²) in [6.45, 7) is 6.41. The molecule has 122 valence electrons. The third-order valence-corrected chi connectivity index (χ3v) is 5.32. The average molecular weight is 332 g/mol. The first-order chi connectivity index (χ1) is 11.1. The number of furan rings is 1. The van der Waals surface area contributed by atoms with Crippen molar-refractivity contribution in [1.82, 2.24) is 9.80 Å². The Kier molecular flexibility index (Phi) is 4.52. The molecule has 0 radical (unpaired) electrons. The summed E-state index contributed by atoms with van der Waals surface area (Å²) in [5, 5.41) is 0. The number of thiophene rings is 1. The first-order valence-corrected chi connectivity index (χ1v) is 8.62. The minimum absolute atomic E-state index is 0.0360. The fourth-order valence-electron chi connectivity index (χ4n) is 2.81. The van der Waals surface area contributed by atoms with Crippen molar-refractivity contribution < 1.29 is 14.0 Å². The number of hydrogen-bond acceptors (Lipinski definition) is 4. The zero-order chi connectivity index (χ0) is 16.4. The van der Waals surface area contributed by atoms with Gasteiger partial charge in [-0.2, -0.15) is 0 Å². The highest BCUT2D eigenvalue weighted by atomic mass is 32.1. The van der Waals surface area contributed by atoms with Gasteiger partial charge in [-0.25, -0.2) is 0 Å². The molecule has 0 bridgehead atoms. The second-order valence-electron chi connectivity index (χ2n) is 5.64. The molecule has 3 heterocycles. The smallest absolute Gasteiger partial charge is 0.264 e. The lowest BCUT2D eigenvalue weighted by molar-refractivity contribution is 0.0537. The summed E-state index contributed by atoms with van der Waals surface area (Å²) in [5.41, 5.74) is 1.80. The van der Waals surface area contributed by atoms with Gasteiger partial charge < -0.3 is 14.2 Å². The van der Waals surface area contributed by atoms with Gasteiger partial charge in [-0.1, -0.05) is 6.92 Å². The molecule has 2 aromatic rings. The summed E-state index contributed by atoms with van der Waals surface area (Å²) in [6, 6.07) is 3.67. The number of carbonyl (C=O) groups excluding carboxylic acids is 2. The highest BCUT2D eigenvalue weighted by Crippen LogP contribution is 2.24. The van der Waals surface area contributed by atoms with Crippen LogP contribution >= 0.6 is 11.3 Å². The molecule has 2 amide bonds. The standard InChI is InChI=1S/C17H20N2O3S/c1-3-13-10-15(23-12(13)2)17(21)19-7-5-18(6-8-19)16(20)14-4-9-22-11-14/h4,9-11H,3,5-8H2,1-2H3. The van der Waals surface area contributed by atoms with E-state index in [4.69, 9.17) is 4.42 Å². The van der Waals surface area contributed by atoms with Crippen LogP contribution in [0.15, 0.2) is 29.1 Å². The zero-order valence-corrected chi connectivity index (χ0v) is 14.2. The quantitative estimate of drug-likeness (QED) is 0.868. The minimum atomic E-state index is -0.0360. The monoisotopic (exact) mass is 332 g/mol. The largest absolute Gasteiger partial charge is 0.472 e. The first kappa shape index (κ1) is 15.8. The predicted molar refractivity (Wildman–Crippen MR) is 88.9 cm³/mol. The number of piperazine rings is 1.